The van der Waals surface area contributed by atoms with Crippen molar-refractivity contribution in [2.75, 3.05) is 19.7 Å². The number of nitrogens with one attached hydrogen (secondary N) is 2. The maximum Gasteiger partial charge on any atom is 0.416 e. The Kier molecular flexibility index (Phi) is 7.47. The van der Waals surface area contributed by atoms with Gasteiger partial charge in [-0.2, -0.15) is 31.4 Å². The summed E-state index contributed by atoms with van der Waals surface area (Å²) in [5.74, 6) is 0. The smallest absolute Gasteiger partial charge is 0.372 e. The Morgan fingerprint density at radius 1 is 1.05 bits per heavy atom. The molecular formula is C25H27F6N5O2. The van der Waals surface area contributed by atoms with Crippen LogP contribution in [0, 0.1) is 0 Å². The highest BCUT2D eigenvalue weighted by molar-refractivity contribution is 5.35. The second kappa shape index (κ2) is 10.2. The molecule has 1 aliphatic heterocycles. The third-order valence-electron chi connectivity index (χ3n) is 7.20. The van der Waals surface area contributed by atoms with Crippen LogP contribution in [-0.2, 0) is 28.2 Å². The number of ether oxygens (including phenoxy) is 1. The van der Waals surface area contributed by atoms with Crippen LogP contribution < -0.4 is 16.7 Å². The van der Waals surface area contributed by atoms with Crippen LogP contribution in [0.5, 0.6) is 0 Å². The highest BCUT2D eigenvalue weighted by Crippen LogP contribution is 2.40. The van der Waals surface area contributed by atoms with Gasteiger partial charge in [-0.05, 0) is 49.1 Å². The highest BCUT2D eigenvalue weighted by Gasteiger charge is 2.45. The lowest BCUT2D eigenvalue weighted by atomic mass is 9.76. The van der Waals surface area contributed by atoms with Gasteiger partial charge in [-0.1, -0.05) is 30.3 Å². The van der Waals surface area contributed by atoms with E-state index >= 15 is 0 Å². The molecule has 1 aromatic heterocycles. The number of nitrogens with zero attached hydrogens (tertiary/aromatic N) is 2. The predicted molar refractivity (Wildman–Crippen MR) is 126 cm³/mol. The van der Waals surface area contributed by atoms with E-state index in [0.717, 1.165) is 5.56 Å². The largest absolute Gasteiger partial charge is 0.416 e. The number of piperidine rings is 1. The van der Waals surface area contributed by atoms with Gasteiger partial charge < -0.3 is 15.8 Å². The monoisotopic (exact) mass is 543 g/mol. The molecule has 0 aliphatic carbocycles. The number of hydrogen-bond acceptors (Lipinski definition) is 5. The number of hydrogen-bond donors (Lipinski definition) is 3. The Morgan fingerprint density at radius 3 is 2.16 bits per heavy atom. The van der Waals surface area contributed by atoms with Crippen LogP contribution >= 0.6 is 0 Å². The predicted octanol–water partition coefficient (Wildman–Crippen LogP) is 4.32. The first-order valence-corrected chi connectivity index (χ1v) is 11.8. The second-order valence-electron chi connectivity index (χ2n) is 9.55. The van der Waals surface area contributed by atoms with Crippen LogP contribution in [0.15, 0.2) is 59.7 Å². The van der Waals surface area contributed by atoms with Crippen LogP contribution in [-0.4, -0.2) is 34.5 Å². The second-order valence-corrected chi connectivity index (χ2v) is 9.55. The molecule has 0 spiro atoms. The zero-order valence-electron chi connectivity index (χ0n) is 20.4. The summed E-state index contributed by atoms with van der Waals surface area (Å²) in [6, 6.07) is 10.6. The van der Waals surface area contributed by atoms with E-state index in [9.17, 15) is 31.1 Å². The van der Waals surface area contributed by atoms with Gasteiger partial charge in [-0.15, -0.1) is 0 Å². The van der Waals surface area contributed by atoms with E-state index in [4.69, 9.17) is 10.5 Å². The Bertz CT molecular complexity index is 1260. The first kappa shape index (κ1) is 27.9. The molecule has 1 saturated heterocycles. The molecule has 0 unspecified atom stereocenters. The fraction of sp³-hybridized carbons (Fsp3) is 0.440. The van der Waals surface area contributed by atoms with Gasteiger partial charge in [0.15, 0.2) is 0 Å². The quantitative estimate of drug-likeness (QED) is 0.386. The molecule has 0 bridgehead atoms. The molecule has 1 aliphatic rings. The molecule has 2 heterocycles. The van der Waals surface area contributed by atoms with Crippen molar-refractivity contribution in [3.63, 3.8) is 0 Å². The van der Waals surface area contributed by atoms with Crippen LogP contribution in [0.3, 0.4) is 0 Å². The first-order valence-electron chi connectivity index (χ1n) is 11.8. The summed E-state index contributed by atoms with van der Waals surface area (Å²) >= 11 is 0. The lowest BCUT2D eigenvalue weighted by Gasteiger charge is -2.47. The number of alkyl halides is 6. The molecule has 206 valence electrons. The minimum atomic E-state index is -4.96. The topological polar surface area (TPSA) is 98.0 Å². The fourth-order valence-corrected chi connectivity index (χ4v) is 4.81. The first-order chi connectivity index (χ1) is 17.8. The summed E-state index contributed by atoms with van der Waals surface area (Å²) in [4.78, 5) is 12.3. The van der Waals surface area contributed by atoms with E-state index in [0.29, 0.717) is 25.0 Å². The highest BCUT2D eigenvalue weighted by atomic mass is 19.4. The van der Waals surface area contributed by atoms with E-state index in [1.165, 1.54) is 17.8 Å². The molecule has 0 radical (unpaired) electrons. The molecule has 1 fully saturated rings. The minimum Gasteiger partial charge on any atom is -0.372 e. The third kappa shape index (κ3) is 5.49. The third-order valence-corrected chi connectivity index (χ3v) is 7.20. The number of aromatic amines is 1. The van der Waals surface area contributed by atoms with Gasteiger partial charge in [-0.3, -0.25) is 4.57 Å². The SMILES string of the molecule is C[C@@H](OC[C@@]1(c2ccccc2)CC[C@](CN)(n2cn[nH]c2=O)CN1)c1cc(C(F)(F)F)cc(C(F)(F)F)c1. The van der Waals surface area contributed by atoms with Crippen LogP contribution in [0.1, 0.15) is 48.1 Å². The molecule has 0 saturated carbocycles. The summed E-state index contributed by atoms with van der Waals surface area (Å²) in [5.41, 5.74) is 1.81. The van der Waals surface area contributed by atoms with Crippen molar-refractivity contribution in [3.05, 3.63) is 87.6 Å². The number of rotatable bonds is 7. The molecule has 7 nitrogen and oxygen atoms in total. The Labute approximate surface area is 214 Å². The minimum absolute atomic E-state index is 0.0588. The Morgan fingerprint density at radius 2 is 1.68 bits per heavy atom. The number of benzene rings is 2. The van der Waals surface area contributed by atoms with E-state index in [-0.39, 0.29) is 31.3 Å². The summed E-state index contributed by atoms with van der Waals surface area (Å²) < 4.78 is 87.5. The van der Waals surface area contributed by atoms with Crippen molar-refractivity contribution in [2.24, 2.45) is 5.73 Å². The van der Waals surface area contributed by atoms with Gasteiger partial charge in [0.1, 0.15) is 6.33 Å². The van der Waals surface area contributed by atoms with E-state index in [1.54, 1.807) is 0 Å². The number of H-pyrrole nitrogens is 1. The zero-order chi connectivity index (χ0) is 27.8. The number of halogens is 6. The van der Waals surface area contributed by atoms with Gasteiger partial charge in [0.05, 0.1) is 34.9 Å². The Hall–Kier alpha value is -3.16. The Balaban J connectivity index is 1.62. The summed E-state index contributed by atoms with van der Waals surface area (Å²) in [5, 5.41) is 9.56. The maximum absolute atomic E-state index is 13.4. The molecule has 0 amide bonds. The molecule has 13 heteroatoms. The molecular weight excluding hydrogens is 516 g/mol. The van der Waals surface area contributed by atoms with Gasteiger partial charge in [-0.25, -0.2) is 9.89 Å². The van der Waals surface area contributed by atoms with Crippen LogP contribution in [0.25, 0.3) is 0 Å². The standard InChI is InChI=1S/C25H27F6N5O2/c1-16(17-9-19(24(26,27)28)11-20(10-17)25(29,30)31)38-14-23(18-5-3-2-4-6-18)8-7-22(12-32,13-33-23)36-15-34-35-21(36)37/h2-6,9-11,15-16,33H,7-8,12-14,32H2,1H3,(H,35,37)/t16-,22-,23-/m1/s1. The van der Waals surface area contributed by atoms with E-state index in [1.807, 2.05) is 30.3 Å². The van der Waals surface area contributed by atoms with Crippen molar-refractivity contribution < 1.29 is 31.1 Å². The molecule has 38 heavy (non-hydrogen) atoms. The van der Waals surface area contributed by atoms with Crippen LogP contribution in [0.4, 0.5) is 26.3 Å². The number of nitrogens with two attached hydrogens (primary N) is 1. The van der Waals surface area contributed by atoms with Crippen molar-refractivity contribution >= 4 is 0 Å². The lowest BCUT2D eigenvalue weighted by molar-refractivity contribution is -0.143. The normalized spacial score (nSPS) is 23.4. The van der Waals surface area contributed by atoms with E-state index < -0.39 is 46.4 Å². The molecule has 4 rings (SSSR count). The average molecular weight is 544 g/mol. The maximum atomic E-state index is 13.4. The summed E-state index contributed by atoms with van der Waals surface area (Å²) in [7, 11) is 0. The summed E-state index contributed by atoms with van der Waals surface area (Å²) in [6.45, 7) is 1.73. The van der Waals surface area contributed by atoms with E-state index in [2.05, 4.69) is 15.5 Å². The molecule has 2 aromatic carbocycles. The molecule has 4 N–H and O–H groups in total. The van der Waals surface area contributed by atoms with Gasteiger partial charge in [0, 0.05) is 13.1 Å². The van der Waals surface area contributed by atoms with Crippen molar-refractivity contribution in [1.82, 2.24) is 20.1 Å². The lowest BCUT2D eigenvalue weighted by Crippen LogP contribution is -2.62. The van der Waals surface area contributed by atoms with Gasteiger partial charge in [0.25, 0.3) is 0 Å². The van der Waals surface area contributed by atoms with Crippen molar-refractivity contribution in [2.45, 2.75) is 49.3 Å². The average Bonchev–Trinajstić information content (AvgIpc) is 3.33. The molecule has 3 atom stereocenters. The van der Waals surface area contributed by atoms with Gasteiger partial charge in [0.2, 0.25) is 0 Å². The zero-order valence-corrected chi connectivity index (χ0v) is 20.4. The van der Waals surface area contributed by atoms with Crippen LogP contribution in [0.2, 0.25) is 0 Å². The molecule has 3 aromatic rings. The van der Waals surface area contributed by atoms with Crippen molar-refractivity contribution in [3.8, 4) is 0 Å². The van der Waals surface area contributed by atoms with Gasteiger partial charge >= 0.3 is 18.0 Å². The van der Waals surface area contributed by atoms with Crippen molar-refractivity contribution in [1.29, 1.82) is 0 Å². The number of aromatic nitrogens is 3. The summed E-state index contributed by atoms with van der Waals surface area (Å²) in [6.07, 6.45) is -8.78. The fourth-order valence-electron chi connectivity index (χ4n) is 4.81.